The number of benzene rings is 1. The Morgan fingerprint density at radius 2 is 2.00 bits per heavy atom. The van der Waals surface area contributed by atoms with E-state index in [1.54, 1.807) is 0 Å². The van der Waals surface area contributed by atoms with Crippen LogP contribution in [0.25, 0.3) is 0 Å². The second-order valence-electron chi connectivity index (χ2n) is 4.61. The summed E-state index contributed by atoms with van der Waals surface area (Å²) in [6.07, 6.45) is 6.02. The maximum Gasteiger partial charge on any atom is 0.0992 e. The number of hydrogen-bond acceptors (Lipinski definition) is 2. The largest absolute Gasteiger partial charge is 0.382 e. The monoisotopic (exact) mass is 308 g/mol. The predicted octanol–water partition coefficient (Wildman–Crippen LogP) is 5.09. The molecular weight excluding hydrogens is 288 g/mol. The first-order valence-corrected chi connectivity index (χ1v) is 7.46. The van der Waals surface area contributed by atoms with Crippen molar-refractivity contribution in [2.45, 2.75) is 52.0 Å². The smallest absolute Gasteiger partial charge is 0.0992 e. The van der Waals surface area contributed by atoms with E-state index in [9.17, 15) is 0 Å². The Morgan fingerprint density at radius 1 is 1.22 bits per heavy atom. The van der Waals surface area contributed by atoms with Gasteiger partial charge in [0.15, 0.2) is 0 Å². The highest BCUT2D eigenvalue weighted by Crippen LogP contribution is 2.21. The first kappa shape index (κ1) is 15.0. The van der Waals surface area contributed by atoms with E-state index >= 15 is 0 Å². The van der Waals surface area contributed by atoms with Crippen LogP contribution in [-0.2, 0) is 0 Å². The molecule has 18 heavy (non-hydrogen) atoms. The molecule has 0 amide bonds. The summed E-state index contributed by atoms with van der Waals surface area (Å²) >= 11 is 3.44. The summed E-state index contributed by atoms with van der Waals surface area (Å²) in [7, 11) is 0. The summed E-state index contributed by atoms with van der Waals surface area (Å²) in [6.45, 7) is 4.43. The summed E-state index contributed by atoms with van der Waals surface area (Å²) < 4.78 is 0.954. The number of nitrogens with zero attached hydrogens (tertiary/aromatic N) is 1. The van der Waals surface area contributed by atoms with Crippen molar-refractivity contribution in [2.75, 3.05) is 5.32 Å². The lowest BCUT2D eigenvalue weighted by Crippen LogP contribution is -2.19. The van der Waals surface area contributed by atoms with Gasteiger partial charge in [-0.15, -0.1) is 0 Å². The number of hydrogen-bond donors (Lipinski definition) is 1. The number of nitrogens with one attached hydrogen (secondary N) is 1. The molecule has 3 heteroatoms. The molecular formula is C15H21BrN2. The number of halogens is 1. The molecule has 1 rings (SSSR count). The highest BCUT2D eigenvalue weighted by Gasteiger charge is 2.08. The Morgan fingerprint density at radius 3 is 2.61 bits per heavy atom. The van der Waals surface area contributed by atoms with Gasteiger partial charge >= 0.3 is 0 Å². The molecule has 0 radical (unpaired) electrons. The lowest BCUT2D eigenvalue weighted by Gasteiger charge is -2.19. The van der Waals surface area contributed by atoms with Gasteiger partial charge in [-0.3, -0.25) is 0 Å². The van der Waals surface area contributed by atoms with E-state index in [2.05, 4.69) is 41.2 Å². The third-order valence-corrected chi connectivity index (χ3v) is 3.40. The van der Waals surface area contributed by atoms with Gasteiger partial charge in [-0.1, -0.05) is 49.0 Å². The minimum absolute atomic E-state index is 0.510. The molecule has 0 heterocycles. The van der Waals surface area contributed by atoms with Gasteiger partial charge in [0.2, 0.25) is 0 Å². The molecule has 1 atom stereocenters. The molecule has 0 fully saturated rings. The summed E-state index contributed by atoms with van der Waals surface area (Å²) in [4.78, 5) is 0. The van der Waals surface area contributed by atoms with Crippen LogP contribution < -0.4 is 5.32 Å². The molecule has 1 aromatic carbocycles. The summed E-state index contributed by atoms with van der Waals surface area (Å²) in [5.41, 5.74) is 1.73. The predicted molar refractivity (Wildman–Crippen MR) is 80.7 cm³/mol. The Labute approximate surface area is 119 Å². The molecule has 1 unspecified atom stereocenters. The SMILES string of the molecule is CCCCC(CCC)Nc1cc(Br)cc(C#N)c1. The Bertz CT molecular complexity index is 409. The fourth-order valence-corrected chi connectivity index (χ4v) is 2.55. The van der Waals surface area contributed by atoms with Gasteiger partial charge in [0, 0.05) is 16.2 Å². The molecule has 0 aliphatic rings. The van der Waals surface area contributed by atoms with Crippen molar-refractivity contribution in [3.8, 4) is 6.07 Å². The van der Waals surface area contributed by atoms with Crippen molar-refractivity contribution in [3.63, 3.8) is 0 Å². The fourth-order valence-electron chi connectivity index (χ4n) is 2.06. The second-order valence-corrected chi connectivity index (χ2v) is 5.53. The molecule has 0 aliphatic carbocycles. The standard InChI is InChI=1S/C15H21BrN2/c1-3-5-7-14(6-4-2)18-15-9-12(11-17)8-13(16)10-15/h8-10,14,18H,3-7H2,1-2H3. The summed E-state index contributed by atoms with van der Waals surface area (Å²) in [6, 6.07) is 8.49. The van der Waals surface area contributed by atoms with Crippen LogP contribution >= 0.6 is 15.9 Å². The molecule has 0 saturated carbocycles. The van der Waals surface area contributed by atoms with Crippen molar-refractivity contribution in [3.05, 3.63) is 28.2 Å². The van der Waals surface area contributed by atoms with Crippen LogP contribution in [0.4, 0.5) is 5.69 Å². The summed E-state index contributed by atoms with van der Waals surface area (Å²) in [5, 5.41) is 12.5. The Kier molecular flexibility index (Phi) is 6.82. The minimum Gasteiger partial charge on any atom is -0.382 e. The maximum absolute atomic E-state index is 8.97. The molecule has 0 saturated heterocycles. The number of nitriles is 1. The number of anilines is 1. The van der Waals surface area contributed by atoms with Crippen molar-refractivity contribution >= 4 is 21.6 Å². The van der Waals surface area contributed by atoms with Crippen LogP contribution in [0.2, 0.25) is 0 Å². The van der Waals surface area contributed by atoms with Gasteiger partial charge in [-0.2, -0.15) is 5.26 Å². The molecule has 1 N–H and O–H groups in total. The molecule has 98 valence electrons. The first-order valence-electron chi connectivity index (χ1n) is 6.66. The highest BCUT2D eigenvalue weighted by atomic mass is 79.9. The average Bonchev–Trinajstić information content (AvgIpc) is 2.35. The molecule has 0 aliphatic heterocycles. The van der Waals surface area contributed by atoms with Crippen LogP contribution in [0.1, 0.15) is 51.5 Å². The van der Waals surface area contributed by atoms with E-state index in [0.717, 1.165) is 10.2 Å². The van der Waals surface area contributed by atoms with Crippen molar-refractivity contribution in [1.29, 1.82) is 5.26 Å². The fraction of sp³-hybridized carbons (Fsp3) is 0.533. The average molecular weight is 309 g/mol. The van der Waals surface area contributed by atoms with Crippen LogP contribution in [0, 0.1) is 11.3 Å². The van der Waals surface area contributed by atoms with Gasteiger partial charge in [-0.05, 0) is 31.0 Å². The van der Waals surface area contributed by atoms with Gasteiger partial charge < -0.3 is 5.32 Å². The molecule has 0 bridgehead atoms. The number of unbranched alkanes of at least 4 members (excludes halogenated alkanes) is 1. The van der Waals surface area contributed by atoms with Gasteiger partial charge in [0.05, 0.1) is 11.6 Å². The zero-order valence-electron chi connectivity index (χ0n) is 11.2. The molecule has 1 aromatic rings. The van der Waals surface area contributed by atoms with Crippen molar-refractivity contribution in [1.82, 2.24) is 0 Å². The van der Waals surface area contributed by atoms with Crippen LogP contribution in [0.5, 0.6) is 0 Å². The maximum atomic E-state index is 8.97. The Balaban J connectivity index is 2.73. The highest BCUT2D eigenvalue weighted by molar-refractivity contribution is 9.10. The number of rotatable bonds is 7. The quantitative estimate of drug-likeness (QED) is 0.761. The molecule has 0 aromatic heterocycles. The topological polar surface area (TPSA) is 35.8 Å². The van der Waals surface area contributed by atoms with E-state index < -0.39 is 0 Å². The lowest BCUT2D eigenvalue weighted by atomic mass is 10.0. The van der Waals surface area contributed by atoms with Crippen molar-refractivity contribution in [2.24, 2.45) is 0 Å². The second kappa shape index (κ2) is 8.16. The van der Waals surface area contributed by atoms with E-state index in [0.29, 0.717) is 11.6 Å². The van der Waals surface area contributed by atoms with E-state index in [1.165, 1.54) is 32.1 Å². The van der Waals surface area contributed by atoms with E-state index in [4.69, 9.17) is 5.26 Å². The van der Waals surface area contributed by atoms with Crippen LogP contribution in [-0.4, -0.2) is 6.04 Å². The lowest BCUT2D eigenvalue weighted by molar-refractivity contribution is 0.564. The minimum atomic E-state index is 0.510. The zero-order valence-corrected chi connectivity index (χ0v) is 12.8. The third-order valence-electron chi connectivity index (χ3n) is 2.94. The van der Waals surface area contributed by atoms with Crippen LogP contribution in [0.15, 0.2) is 22.7 Å². The first-order chi connectivity index (χ1) is 8.69. The molecule has 2 nitrogen and oxygen atoms in total. The van der Waals surface area contributed by atoms with Gasteiger partial charge in [0.1, 0.15) is 0 Å². The normalized spacial score (nSPS) is 11.9. The summed E-state index contributed by atoms with van der Waals surface area (Å²) in [5.74, 6) is 0. The van der Waals surface area contributed by atoms with Gasteiger partial charge in [-0.25, -0.2) is 0 Å². The van der Waals surface area contributed by atoms with Gasteiger partial charge in [0.25, 0.3) is 0 Å². The Hall–Kier alpha value is -1.01. The van der Waals surface area contributed by atoms with E-state index in [1.807, 2.05) is 18.2 Å². The van der Waals surface area contributed by atoms with Crippen LogP contribution in [0.3, 0.4) is 0 Å². The van der Waals surface area contributed by atoms with E-state index in [-0.39, 0.29) is 0 Å². The van der Waals surface area contributed by atoms with Crippen molar-refractivity contribution < 1.29 is 0 Å². The third kappa shape index (κ3) is 5.10. The zero-order chi connectivity index (χ0) is 13.4. The molecule has 0 spiro atoms.